The second-order valence-electron chi connectivity index (χ2n) is 2.67. The van der Waals surface area contributed by atoms with Gasteiger partial charge in [0.15, 0.2) is 0 Å². The summed E-state index contributed by atoms with van der Waals surface area (Å²) in [5, 5.41) is 11.9. The molecule has 5 nitrogen and oxygen atoms in total. The molecule has 3 N–H and O–H groups in total. The predicted molar refractivity (Wildman–Crippen MR) is 60.0 cm³/mol. The van der Waals surface area contributed by atoms with Crippen molar-refractivity contribution in [1.82, 2.24) is 0 Å². The summed E-state index contributed by atoms with van der Waals surface area (Å²) in [5.41, 5.74) is 7.02. The number of nitrogens with one attached hydrogen (secondary N) is 1. The van der Waals surface area contributed by atoms with E-state index in [4.69, 9.17) is 11.0 Å². The number of hydrogen-bond acceptors (Lipinski definition) is 4. The third kappa shape index (κ3) is 3.03. The standard InChI is InChI=1S/C9H6BrFN4O/c10-6-2-1-5(11)3-7(6)14-15-8(4-12)9(13)16/h1-3,14H,(H2,13,16)/b15-8-. The fraction of sp³-hybridized carbons (Fsp3) is 0. The van der Waals surface area contributed by atoms with Crippen LogP contribution in [0.1, 0.15) is 0 Å². The van der Waals surface area contributed by atoms with Crippen LogP contribution in [0, 0.1) is 17.1 Å². The number of hydrogen-bond donors (Lipinski definition) is 2. The molecule has 1 amide bonds. The maximum Gasteiger partial charge on any atom is 0.280 e. The Morgan fingerprint density at radius 1 is 1.62 bits per heavy atom. The molecular weight excluding hydrogens is 279 g/mol. The van der Waals surface area contributed by atoms with E-state index in [2.05, 4.69) is 26.5 Å². The SMILES string of the molecule is N#C/C(=N/Nc1cc(F)ccc1Br)C(N)=O. The number of halogens is 2. The lowest BCUT2D eigenvalue weighted by Crippen LogP contribution is -2.22. The van der Waals surface area contributed by atoms with Gasteiger partial charge in [0.1, 0.15) is 11.9 Å². The molecule has 0 aliphatic heterocycles. The van der Waals surface area contributed by atoms with Gasteiger partial charge in [0.25, 0.3) is 5.91 Å². The van der Waals surface area contributed by atoms with Gasteiger partial charge >= 0.3 is 0 Å². The van der Waals surface area contributed by atoms with Gasteiger partial charge in [-0.15, -0.1) is 0 Å². The van der Waals surface area contributed by atoms with E-state index in [1.165, 1.54) is 18.2 Å². The summed E-state index contributed by atoms with van der Waals surface area (Å²) in [6, 6.07) is 5.38. The van der Waals surface area contributed by atoms with Crippen molar-refractivity contribution in [3.05, 3.63) is 28.5 Å². The highest BCUT2D eigenvalue weighted by Gasteiger charge is 2.06. The number of nitriles is 1. The second kappa shape index (κ2) is 5.23. The van der Waals surface area contributed by atoms with Gasteiger partial charge in [-0.05, 0) is 34.1 Å². The van der Waals surface area contributed by atoms with E-state index >= 15 is 0 Å². The van der Waals surface area contributed by atoms with E-state index < -0.39 is 17.4 Å². The minimum atomic E-state index is -0.956. The molecule has 82 valence electrons. The highest BCUT2D eigenvalue weighted by Crippen LogP contribution is 2.22. The van der Waals surface area contributed by atoms with Crippen molar-refractivity contribution in [3.63, 3.8) is 0 Å². The smallest absolute Gasteiger partial charge is 0.280 e. The van der Waals surface area contributed by atoms with Crippen LogP contribution in [0.4, 0.5) is 10.1 Å². The van der Waals surface area contributed by atoms with Crippen molar-refractivity contribution in [2.45, 2.75) is 0 Å². The largest absolute Gasteiger partial charge is 0.364 e. The average Bonchev–Trinajstić information content (AvgIpc) is 2.23. The van der Waals surface area contributed by atoms with Crippen molar-refractivity contribution in [2.75, 3.05) is 5.43 Å². The van der Waals surface area contributed by atoms with Gasteiger partial charge in [-0.25, -0.2) is 4.39 Å². The molecule has 0 radical (unpaired) electrons. The maximum absolute atomic E-state index is 12.8. The summed E-state index contributed by atoms with van der Waals surface area (Å²) in [6.45, 7) is 0. The Bertz CT molecular complexity index is 495. The first kappa shape index (κ1) is 12.1. The van der Waals surface area contributed by atoms with Crippen molar-refractivity contribution >= 4 is 33.2 Å². The zero-order valence-electron chi connectivity index (χ0n) is 7.87. The minimum absolute atomic E-state index is 0.286. The van der Waals surface area contributed by atoms with Crippen molar-refractivity contribution in [1.29, 1.82) is 5.26 Å². The third-order valence-corrected chi connectivity index (χ3v) is 2.25. The van der Waals surface area contributed by atoms with Gasteiger partial charge in [-0.2, -0.15) is 10.4 Å². The lowest BCUT2D eigenvalue weighted by molar-refractivity contribution is -0.111. The number of nitrogens with zero attached hydrogens (tertiary/aromatic N) is 2. The summed E-state index contributed by atoms with van der Waals surface area (Å²) in [6.07, 6.45) is 0. The van der Waals surface area contributed by atoms with Crippen LogP contribution in [0.5, 0.6) is 0 Å². The molecule has 0 bridgehead atoms. The van der Waals surface area contributed by atoms with Gasteiger partial charge in [0, 0.05) is 4.47 Å². The number of hydrazone groups is 1. The van der Waals surface area contributed by atoms with Crippen molar-refractivity contribution in [3.8, 4) is 6.07 Å². The van der Waals surface area contributed by atoms with E-state index in [-0.39, 0.29) is 5.69 Å². The molecule has 0 spiro atoms. The Balaban J connectivity index is 2.94. The number of anilines is 1. The van der Waals surface area contributed by atoms with Crippen LogP contribution in [-0.2, 0) is 4.79 Å². The van der Waals surface area contributed by atoms with Crippen molar-refractivity contribution in [2.24, 2.45) is 10.8 Å². The highest BCUT2D eigenvalue weighted by molar-refractivity contribution is 9.10. The van der Waals surface area contributed by atoms with Crippen LogP contribution in [0.2, 0.25) is 0 Å². The monoisotopic (exact) mass is 284 g/mol. The van der Waals surface area contributed by atoms with Gasteiger partial charge in [-0.1, -0.05) is 0 Å². The zero-order chi connectivity index (χ0) is 12.1. The summed E-state index contributed by atoms with van der Waals surface area (Å²) in [7, 11) is 0. The van der Waals surface area contributed by atoms with E-state index in [0.717, 1.165) is 6.07 Å². The van der Waals surface area contributed by atoms with Gasteiger partial charge in [0.2, 0.25) is 5.71 Å². The minimum Gasteiger partial charge on any atom is -0.364 e. The molecular formula is C9H6BrFN4O. The van der Waals surface area contributed by atoms with Crippen LogP contribution in [-0.4, -0.2) is 11.6 Å². The molecule has 0 heterocycles. The lowest BCUT2D eigenvalue weighted by atomic mass is 10.3. The number of amides is 1. The summed E-state index contributed by atoms with van der Waals surface area (Å²) < 4.78 is 13.4. The van der Waals surface area contributed by atoms with Crippen LogP contribution in [0.25, 0.3) is 0 Å². The van der Waals surface area contributed by atoms with E-state index in [1.807, 2.05) is 0 Å². The number of carbonyl (C=O) groups excluding carboxylic acids is 1. The molecule has 0 unspecified atom stereocenters. The Kier molecular flexibility index (Phi) is 3.96. The number of primary amides is 1. The van der Waals surface area contributed by atoms with E-state index in [1.54, 1.807) is 0 Å². The number of carbonyl (C=O) groups is 1. The molecule has 1 aromatic rings. The quantitative estimate of drug-likeness (QED) is 0.649. The molecule has 1 rings (SSSR count). The highest BCUT2D eigenvalue weighted by atomic mass is 79.9. The number of nitrogens with two attached hydrogens (primary N) is 1. The third-order valence-electron chi connectivity index (χ3n) is 1.56. The number of rotatable bonds is 3. The van der Waals surface area contributed by atoms with E-state index in [9.17, 15) is 9.18 Å². The van der Waals surface area contributed by atoms with Crippen LogP contribution >= 0.6 is 15.9 Å². The Morgan fingerprint density at radius 2 is 2.31 bits per heavy atom. The first-order chi connectivity index (χ1) is 7.54. The lowest BCUT2D eigenvalue weighted by Gasteiger charge is -2.03. The van der Waals surface area contributed by atoms with Crippen LogP contribution < -0.4 is 11.2 Å². The first-order valence-electron chi connectivity index (χ1n) is 4.03. The number of benzene rings is 1. The topological polar surface area (TPSA) is 91.3 Å². The Hall–Kier alpha value is -1.94. The van der Waals surface area contributed by atoms with Crippen LogP contribution in [0.3, 0.4) is 0 Å². The van der Waals surface area contributed by atoms with E-state index in [0.29, 0.717) is 4.47 Å². The fourth-order valence-electron chi connectivity index (χ4n) is 0.834. The Labute approximate surface area is 98.9 Å². The normalized spacial score (nSPS) is 10.7. The first-order valence-corrected chi connectivity index (χ1v) is 4.82. The molecule has 0 aromatic heterocycles. The summed E-state index contributed by atoms with van der Waals surface area (Å²) in [5.74, 6) is -1.43. The van der Waals surface area contributed by atoms with Gasteiger partial charge in [-0.3, -0.25) is 10.2 Å². The molecule has 0 saturated heterocycles. The maximum atomic E-state index is 12.8. The molecule has 0 atom stereocenters. The Morgan fingerprint density at radius 3 is 2.88 bits per heavy atom. The summed E-state index contributed by atoms with van der Waals surface area (Å²) in [4.78, 5) is 10.6. The average molecular weight is 285 g/mol. The second-order valence-corrected chi connectivity index (χ2v) is 3.53. The molecule has 0 aliphatic carbocycles. The predicted octanol–water partition coefficient (Wildman–Crippen LogP) is 1.36. The summed E-state index contributed by atoms with van der Waals surface area (Å²) >= 11 is 3.14. The van der Waals surface area contributed by atoms with Crippen LogP contribution in [0.15, 0.2) is 27.8 Å². The van der Waals surface area contributed by atoms with Gasteiger partial charge < -0.3 is 5.73 Å². The molecule has 7 heteroatoms. The van der Waals surface area contributed by atoms with Gasteiger partial charge in [0.05, 0.1) is 5.69 Å². The molecule has 0 aliphatic rings. The van der Waals surface area contributed by atoms with Crippen molar-refractivity contribution < 1.29 is 9.18 Å². The molecule has 1 aromatic carbocycles. The molecule has 0 fully saturated rings. The molecule has 16 heavy (non-hydrogen) atoms. The fourth-order valence-corrected chi connectivity index (χ4v) is 1.17. The molecule has 0 saturated carbocycles. The zero-order valence-corrected chi connectivity index (χ0v) is 9.45.